The van der Waals surface area contributed by atoms with E-state index in [2.05, 4.69) is 64.3 Å². The first-order valence-electron chi connectivity index (χ1n) is 6.78. The molecule has 2 rings (SSSR count). The van der Waals surface area contributed by atoms with E-state index in [4.69, 9.17) is 4.52 Å². The normalized spacial score (nSPS) is 12.7. The molecule has 0 aliphatic rings. The van der Waals surface area contributed by atoms with Gasteiger partial charge in [0.25, 0.3) is 0 Å². The second-order valence-electron chi connectivity index (χ2n) is 5.16. The summed E-state index contributed by atoms with van der Waals surface area (Å²) in [4.78, 5) is 4.48. The molecule has 2 aromatic rings. The van der Waals surface area contributed by atoms with Crippen molar-refractivity contribution in [1.29, 1.82) is 0 Å². The van der Waals surface area contributed by atoms with E-state index in [1.807, 2.05) is 7.05 Å². The minimum Gasteiger partial charge on any atom is -0.339 e. The van der Waals surface area contributed by atoms with Gasteiger partial charge in [0.2, 0.25) is 11.7 Å². The molecular weight excluding hydrogens is 318 g/mol. The highest BCUT2D eigenvalue weighted by Crippen LogP contribution is 2.27. The number of hydrogen-bond acceptors (Lipinski definition) is 4. The van der Waals surface area contributed by atoms with Crippen LogP contribution in [0.2, 0.25) is 0 Å². The Labute approximate surface area is 128 Å². The third kappa shape index (κ3) is 3.46. The lowest BCUT2D eigenvalue weighted by Gasteiger charge is -2.06. The summed E-state index contributed by atoms with van der Waals surface area (Å²) in [5.74, 6) is 1.36. The number of halogens is 1. The molecule has 108 valence electrons. The van der Waals surface area contributed by atoms with E-state index in [0.29, 0.717) is 17.8 Å². The lowest BCUT2D eigenvalue weighted by molar-refractivity contribution is 0.369. The molecule has 0 spiro atoms. The van der Waals surface area contributed by atoms with Crippen LogP contribution < -0.4 is 5.32 Å². The van der Waals surface area contributed by atoms with Crippen LogP contribution in [-0.2, 0) is 6.42 Å². The lowest BCUT2D eigenvalue weighted by Crippen LogP contribution is -2.21. The van der Waals surface area contributed by atoms with Gasteiger partial charge in [0, 0.05) is 22.5 Å². The topological polar surface area (TPSA) is 51.0 Å². The Hall–Kier alpha value is -1.20. The first kappa shape index (κ1) is 15.2. The highest BCUT2D eigenvalue weighted by molar-refractivity contribution is 9.10. The molecule has 1 aromatic carbocycles. The molecule has 0 fully saturated rings. The van der Waals surface area contributed by atoms with Gasteiger partial charge in [0.15, 0.2) is 0 Å². The van der Waals surface area contributed by atoms with Crippen molar-refractivity contribution in [1.82, 2.24) is 15.5 Å². The third-order valence-corrected chi connectivity index (χ3v) is 4.70. The van der Waals surface area contributed by atoms with E-state index in [0.717, 1.165) is 22.9 Å². The molecule has 1 aromatic heterocycles. The fourth-order valence-electron chi connectivity index (χ4n) is 2.03. The van der Waals surface area contributed by atoms with Crippen LogP contribution in [0.25, 0.3) is 11.4 Å². The van der Waals surface area contributed by atoms with Crippen molar-refractivity contribution in [2.45, 2.75) is 39.7 Å². The van der Waals surface area contributed by atoms with Gasteiger partial charge in [-0.15, -0.1) is 0 Å². The maximum atomic E-state index is 5.32. The minimum absolute atomic E-state index is 0.447. The Morgan fingerprint density at radius 2 is 1.95 bits per heavy atom. The third-order valence-electron chi connectivity index (χ3n) is 3.45. The largest absolute Gasteiger partial charge is 0.339 e. The molecule has 0 aliphatic carbocycles. The summed E-state index contributed by atoms with van der Waals surface area (Å²) in [5, 5.41) is 7.28. The zero-order valence-corrected chi connectivity index (χ0v) is 13.9. The number of nitrogens with zero attached hydrogens (tertiary/aromatic N) is 2. The summed E-state index contributed by atoms with van der Waals surface area (Å²) >= 11 is 3.57. The van der Waals surface area contributed by atoms with Crippen molar-refractivity contribution in [2.75, 3.05) is 7.05 Å². The molecule has 4 nitrogen and oxygen atoms in total. The van der Waals surface area contributed by atoms with E-state index < -0.39 is 0 Å². The maximum Gasteiger partial charge on any atom is 0.227 e. The molecule has 1 atom stereocenters. The number of benzene rings is 1. The van der Waals surface area contributed by atoms with Gasteiger partial charge in [-0.3, -0.25) is 0 Å². The molecule has 0 saturated heterocycles. The molecule has 0 saturated carbocycles. The molecule has 1 heterocycles. The number of nitrogens with one attached hydrogen (secondary N) is 1. The van der Waals surface area contributed by atoms with Crippen LogP contribution in [0.1, 0.15) is 30.4 Å². The highest BCUT2D eigenvalue weighted by Gasteiger charge is 2.12. The Balaban J connectivity index is 2.16. The predicted molar refractivity (Wildman–Crippen MR) is 83.8 cm³/mol. The summed E-state index contributed by atoms with van der Waals surface area (Å²) < 4.78 is 6.46. The quantitative estimate of drug-likeness (QED) is 0.904. The van der Waals surface area contributed by atoms with Gasteiger partial charge in [-0.05, 0) is 57.5 Å². The average molecular weight is 338 g/mol. The number of aromatic nitrogens is 2. The van der Waals surface area contributed by atoms with Gasteiger partial charge >= 0.3 is 0 Å². The van der Waals surface area contributed by atoms with E-state index in [-0.39, 0.29) is 0 Å². The van der Waals surface area contributed by atoms with E-state index in [1.165, 1.54) is 11.1 Å². The first-order chi connectivity index (χ1) is 9.51. The van der Waals surface area contributed by atoms with Gasteiger partial charge < -0.3 is 9.84 Å². The van der Waals surface area contributed by atoms with Crippen molar-refractivity contribution in [3.8, 4) is 11.4 Å². The molecule has 0 aliphatic heterocycles. The lowest BCUT2D eigenvalue weighted by atomic mass is 10.1. The van der Waals surface area contributed by atoms with E-state index >= 15 is 0 Å². The maximum absolute atomic E-state index is 5.32. The summed E-state index contributed by atoms with van der Waals surface area (Å²) in [7, 11) is 1.96. The molecule has 1 unspecified atom stereocenters. The van der Waals surface area contributed by atoms with Crippen molar-refractivity contribution in [3.63, 3.8) is 0 Å². The van der Waals surface area contributed by atoms with Gasteiger partial charge in [-0.1, -0.05) is 21.1 Å². The zero-order valence-electron chi connectivity index (χ0n) is 12.3. The van der Waals surface area contributed by atoms with Gasteiger partial charge in [0.05, 0.1) is 0 Å². The Morgan fingerprint density at radius 1 is 1.30 bits per heavy atom. The Morgan fingerprint density at radius 3 is 2.55 bits per heavy atom. The number of rotatable bonds is 5. The van der Waals surface area contributed by atoms with Crippen LogP contribution in [0, 0.1) is 13.8 Å². The van der Waals surface area contributed by atoms with Crippen LogP contribution >= 0.6 is 15.9 Å². The molecule has 0 radical (unpaired) electrons. The number of aryl methyl sites for hydroxylation is 3. The highest BCUT2D eigenvalue weighted by atomic mass is 79.9. The first-order valence-corrected chi connectivity index (χ1v) is 7.57. The zero-order chi connectivity index (χ0) is 14.7. The minimum atomic E-state index is 0.447. The predicted octanol–water partition coefficient (Wildman–Crippen LogP) is 3.66. The smallest absolute Gasteiger partial charge is 0.227 e. The Bertz CT molecular complexity index is 572. The van der Waals surface area contributed by atoms with Crippen LogP contribution in [0.5, 0.6) is 0 Å². The van der Waals surface area contributed by atoms with Gasteiger partial charge in [0.1, 0.15) is 0 Å². The second-order valence-corrected chi connectivity index (χ2v) is 5.96. The fourth-order valence-corrected chi connectivity index (χ4v) is 2.26. The molecule has 0 bridgehead atoms. The Kier molecular flexibility index (Phi) is 4.94. The average Bonchev–Trinajstić information content (AvgIpc) is 2.90. The van der Waals surface area contributed by atoms with Crippen molar-refractivity contribution < 1.29 is 4.52 Å². The van der Waals surface area contributed by atoms with Crippen molar-refractivity contribution in [3.05, 3.63) is 33.6 Å². The summed E-state index contributed by atoms with van der Waals surface area (Å²) in [6.07, 6.45) is 1.78. The second kappa shape index (κ2) is 6.50. The molecule has 1 N–H and O–H groups in total. The van der Waals surface area contributed by atoms with Crippen molar-refractivity contribution >= 4 is 15.9 Å². The monoisotopic (exact) mass is 337 g/mol. The molecule has 5 heteroatoms. The van der Waals surface area contributed by atoms with Gasteiger partial charge in [-0.25, -0.2) is 0 Å². The molecular formula is C15H20BrN3O. The standard InChI is InChI=1S/C15H20BrN3O/c1-9-7-12(8-10(2)14(9)16)15-18-13(20-19-15)6-5-11(3)17-4/h7-8,11,17H,5-6H2,1-4H3. The molecule has 0 amide bonds. The van der Waals surface area contributed by atoms with Crippen molar-refractivity contribution in [2.24, 2.45) is 0 Å². The van der Waals surface area contributed by atoms with Gasteiger partial charge in [-0.2, -0.15) is 4.98 Å². The fraction of sp³-hybridized carbons (Fsp3) is 0.467. The van der Waals surface area contributed by atoms with Crippen LogP contribution in [-0.4, -0.2) is 23.2 Å². The number of hydrogen-bond donors (Lipinski definition) is 1. The SMILES string of the molecule is CNC(C)CCc1nc(-c2cc(C)c(Br)c(C)c2)no1. The summed E-state index contributed by atoms with van der Waals surface area (Å²) in [6, 6.07) is 4.59. The van der Waals surface area contributed by atoms with E-state index in [9.17, 15) is 0 Å². The summed E-state index contributed by atoms with van der Waals surface area (Å²) in [6.45, 7) is 6.27. The van der Waals surface area contributed by atoms with Crippen LogP contribution in [0.3, 0.4) is 0 Å². The van der Waals surface area contributed by atoms with Crippen LogP contribution in [0.4, 0.5) is 0 Å². The van der Waals surface area contributed by atoms with E-state index in [1.54, 1.807) is 0 Å². The van der Waals surface area contributed by atoms with Crippen LogP contribution in [0.15, 0.2) is 21.1 Å². The summed E-state index contributed by atoms with van der Waals surface area (Å²) in [5.41, 5.74) is 3.35. The molecule has 20 heavy (non-hydrogen) atoms.